The topological polar surface area (TPSA) is 8.17 Å². The second-order valence-electron chi connectivity index (χ2n) is 12.6. The van der Waals surface area contributed by atoms with E-state index in [1.54, 1.807) is 0 Å². The fourth-order valence-electron chi connectivity index (χ4n) is 7.20. The summed E-state index contributed by atoms with van der Waals surface area (Å²) in [6, 6.07) is 74.0. The van der Waals surface area contributed by atoms with Gasteiger partial charge in [0, 0.05) is 33.4 Å². The second kappa shape index (κ2) is 12.8. The maximum Gasteiger partial charge on any atom is 0.0547 e. The second-order valence-corrected chi connectivity index (χ2v) is 12.6. The first kappa shape index (κ1) is 29.5. The lowest BCUT2D eigenvalue weighted by atomic mass is 9.97. The molecular weight excluding hydrogens is 605 g/mol. The van der Waals surface area contributed by atoms with E-state index in [-0.39, 0.29) is 0 Å². The molecule has 0 saturated heterocycles. The minimum absolute atomic E-state index is 1.11. The number of hydrogen-bond acceptors (Lipinski definition) is 1. The molecule has 0 spiro atoms. The molecule has 0 aliphatic heterocycles. The maximum atomic E-state index is 2.38. The first-order chi connectivity index (χ1) is 24.8. The van der Waals surface area contributed by atoms with Crippen molar-refractivity contribution in [2.75, 3.05) is 4.90 Å². The Balaban J connectivity index is 1.11. The number of aromatic nitrogens is 1. The van der Waals surface area contributed by atoms with Crippen LogP contribution in [0.1, 0.15) is 0 Å². The molecule has 2 nitrogen and oxygen atoms in total. The average molecular weight is 639 g/mol. The van der Waals surface area contributed by atoms with Crippen LogP contribution in [0.4, 0.5) is 17.1 Å². The predicted octanol–water partition coefficient (Wildman–Crippen LogP) is 13.3. The molecule has 0 N–H and O–H groups in total. The largest absolute Gasteiger partial charge is 0.310 e. The van der Waals surface area contributed by atoms with Crippen LogP contribution in [0.15, 0.2) is 206 Å². The molecule has 0 fully saturated rings. The zero-order chi connectivity index (χ0) is 33.3. The molecule has 8 aromatic carbocycles. The Morgan fingerprint density at radius 2 is 0.820 bits per heavy atom. The Morgan fingerprint density at radius 3 is 1.58 bits per heavy atom. The van der Waals surface area contributed by atoms with Gasteiger partial charge in [-0.2, -0.15) is 0 Å². The Bertz CT molecular complexity index is 2550. The minimum Gasteiger partial charge on any atom is -0.310 e. The number of benzene rings is 8. The van der Waals surface area contributed by atoms with Crippen molar-refractivity contribution in [3.63, 3.8) is 0 Å². The lowest BCUT2D eigenvalue weighted by Crippen LogP contribution is -2.11. The van der Waals surface area contributed by atoms with Crippen molar-refractivity contribution >= 4 is 38.9 Å². The summed E-state index contributed by atoms with van der Waals surface area (Å²) in [5.74, 6) is 0. The number of nitrogens with zero attached hydrogens (tertiary/aromatic N) is 2. The number of para-hydroxylation sites is 4. The monoisotopic (exact) mass is 638 g/mol. The lowest BCUT2D eigenvalue weighted by molar-refractivity contribution is 1.18. The van der Waals surface area contributed by atoms with Gasteiger partial charge in [0.1, 0.15) is 0 Å². The summed E-state index contributed by atoms with van der Waals surface area (Å²) >= 11 is 0. The summed E-state index contributed by atoms with van der Waals surface area (Å²) in [5, 5.41) is 2.53. The third-order valence-electron chi connectivity index (χ3n) is 9.61. The van der Waals surface area contributed by atoms with E-state index < -0.39 is 0 Å². The van der Waals surface area contributed by atoms with Crippen molar-refractivity contribution in [2.45, 2.75) is 0 Å². The molecule has 9 rings (SSSR count). The van der Waals surface area contributed by atoms with Crippen molar-refractivity contribution in [3.05, 3.63) is 206 Å². The Hall–Kier alpha value is -6.64. The highest BCUT2D eigenvalue weighted by Crippen LogP contribution is 2.42. The van der Waals surface area contributed by atoms with Crippen LogP contribution in [-0.2, 0) is 0 Å². The molecule has 0 bridgehead atoms. The van der Waals surface area contributed by atoms with Crippen molar-refractivity contribution < 1.29 is 0 Å². The normalized spacial score (nSPS) is 11.2. The van der Waals surface area contributed by atoms with E-state index in [1.807, 2.05) is 0 Å². The standard InChI is InChI=1S/C48H34N2/c1-4-14-35(15-5-1)36-28-31-42(32-29-36)49(40-16-6-2-7-17-40)46-22-12-10-20-43(46)38-26-24-37(25-27-38)39-30-33-45-44-21-11-13-23-47(44)50(48(45)34-39)41-18-8-3-9-19-41/h1-34H. The van der Waals surface area contributed by atoms with Crippen LogP contribution in [0, 0.1) is 0 Å². The smallest absolute Gasteiger partial charge is 0.0547 e. The highest BCUT2D eigenvalue weighted by Gasteiger charge is 2.18. The summed E-state index contributed by atoms with van der Waals surface area (Å²) in [6.45, 7) is 0. The zero-order valence-corrected chi connectivity index (χ0v) is 27.5. The van der Waals surface area contributed by atoms with Crippen LogP contribution >= 0.6 is 0 Å². The summed E-state index contributed by atoms with van der Waals surface area (Å²) in [5.41, 5.74) is 14.1. The molecule has 1 heterocycles. The van der Waals surface area contributed by atoms with E-state index in [2.05, 4.69) is 216 Å². The third kappa shape index (κ3) is 5.34. The van der Waals surface area contributed by atoms with Crippen LogP contribution in [0.3, 0.4) is 0 Å². The van der Waals surface area contributed by atoms with Crippen LogP contribution in [0.25, 0.3) is 60.9 Å². The highest BCUT2D eigenvalue weighted by molar-refractivity contribution is 6.10. The van der Waals surface area contributed by atoms with Crippen molar-refractivity contribution in [2.24, 2.45) is 0 Å². The van der Waals surface area contributed by atoms with Gasteiger partial charge in [-0.15, -0.1) is 0 Å². The summed E-state index contributed by atoms with van der Waals surface area (Å²) in [4.78, 5) is 2.36. The van der Waals surface area contributed by atoms with E-state index in [0.29, 0.717) is 0 Å². The van der Waals surface area contributed by atoms with Gasteiger partial charge in [0.15, 0.2) is 0 Å². The molecule has 0 radical (unpaired) electrons. The van der Waals surface area contributed by atoms with Crippen molar-refractivity contribution in [1.82, 2.24) is 4.57 Å². The molecule has 0 atom stereocenters. The molecule has 9 aromatic rings. The number of hydrogen-bond donors (Lipinski definition) is 0. The Labute approximate surface area is 292 Å². The summed E-state index contributed by atoms with van der Waals surface area (Å²) in [7, 11) is 0. The fraction of sp³-hybridized carbons (Fsp3) is 0. The lowest BCUT2D eigenvalue weighted by Gasteiger charge is -2.28. The molecule has 0 amide bonds. The third-order valence-corrected chi connectivity index (χ3v) is 9.61. The molecular formula is C48H34N2. The van der Waals surface area contributed by atoms with Gasteiger partial charge in [-0.05, 0) is 82.4 Å². The van der Waals surface area contributed by atoms with Gasteiger partial charge in [0.2, 0.25) is 0 Å². The summed E-state index contributed by atoms with van der Waals surface area (Å²) in [6.07, 6.45) is 0. The molecule has 0 aliphatic rings. The zero-order valence-electron chi connectivity index (χ0n) is 27.5. The minimum atomic E-state index is 1.11. The first-order valence-electron chi connectivity index (χ1n) is 17.1. The predicted molar refractivity (Wildman–Crippen MR) is 212 cm³/mol. The summed E-state index contributed by atoms with van der Waals surface area (Å²) < 4.78 is 2.38. The van der Waals surface area contributed by atoms with E-state index in [9.17, 15) is 0 Å². The molecule has 2 heteroatoms. The van der Waals surface area contributed by atoms with Crippen molar-refractivity contribution in [1.29, 1.82) is 0 Å². The maximum absolute atomic E-state index is 2.38. The molecule has 1 aromatic heterocycles. The van der Waals surface area contributed by atoms with Crippen LogP contribution in [0.2, 0.25) is 0 Å². The molecule has 0 unspecified atom stereocenters. The number of fused-ring (bicyclic) bond motifs is 3. The number of rotatable bonds is 7. The van der Waals surface area contributed by atoms with E-state index >= 15 is 0 Å². The Kier molecular flexibility index (Phi) is 7.53. The van der Waals surface area contributed by atoms with Gasteiger partial charge in [0.05, 0.1) is 16.7 Å². The van der Waals surface area contributed by atoms with Gasteiger partial charge in [-0.1, -0.05) is 152 Å². The average Bonchev–Trinajstić information content (AvgIpc) is 3.53. The van der Waals surface area contributed by atoms with E-state index in [0.717, 1.165) is 17.1 Å². The van der Waals surface area contributed by atoms with Crippen LogP contribution in [0.5, 0.6) is 0 Å². The van der Waals surface area contributed by atoms with Gasteiger partial charge in [-0.25, -0.2) is 0 Å². The van der Waals surface area contributed by atoms with Gasteiger partial charge >= 0.3 is 0 Å². The SMILES string of the molecule is c1ccc(-c2ccc(N(c3ccccc3)c3ccccc3-c3ccc(-c4ccc5c6ccccc6n(-c6ccccc6)c5c4)cc3)cc2)cc1. The van der Waals surface area contributed by atoms with E-state index in [1.165, 1.54) is 60.9 Å². The number of anilines is 3. The Morgan fingerprint density at radius 1 is 0.320 bits per heavy atom. The highest BCUT2D eigenvalue weighted by atomic mass is 15.1. The van der Waals surface area contributed by atoms with Crippen LogP contribution in [-0.4, -0.2) is 4.57 Å². The molecule has 0 aliphatic carbocycles. The van der Waals surface area contributed by atoms with E-state index in [4.69, 9.17) is 0 Å². The van der Waals surface area contributed by atoms with Crippen molar-refractivity contribution in [3.8, 4) is 39.1 Å². The molecule has 50 heavy (non-hydrogen) atoms. The van der Waals surface area contributed by atoms with Gasteiger partial charge in [0.25, 0.3) is 0 Å². The molecule has 0 saturated carbocycles. The quantitative estimate of drug-likeness (QED) is 0.169. The first-order valence-corrected chi connectivity index (χ1v) is 17.1. The fourth-order valence-corrected chi connectivity index (χ4v) is 7.20. The van der Waals surface area contributed by atoms with Gasteiger partial charge in [-0.3, -0.25) is 0 Å². The van der Waals surface area contributed by atoms with Crippen LogP contribution < -0.4 is 4.90 Å². The molecule has 236 valence electrons. The van der Waals surface area contributed by atoms with Gasteiger partial charge < -0.3 is 9.47 Å².